The number of allylic oxidation sites excluding steroid dienone is 6. The average molecular weight is 861 g/mol. The summed E-state index contributed by atoms with van der Waals surface area (Å²) in [6.45, 7) is 3.24. The monoisotopic (exact) mass is 861 g/mol. The molecule has 0 aromatic carbocycles. The molecule has 0 spiro atoms. The van der Waals surface area contributed by atoms with E-state index in [2.05, 4.69) is 50.3 Å². The molecule has 0 radical (unpaired) electrons. The first kappa shape index (κ1) is 55.1. The molecule has 6 unspecified atom stereocenters. The van der Waals surface area contributed by atoms with Crippen LogP contribution < -0.4 is 0 Å². The van der Waals surface area contributed by atoms with Gasteiger partial charge in [0.25, 0.3) is 0 Å². The minimum atomic E-state index is -5.12. The van der Waals surface area contributed by atoms with Gasteiger partial charge in [0.05, 0.1) is 6.61 Å². The van der Waals surface area contributed by atoms with E-state index in [1.165, 1.54) is 83.5 Å². The molecule has 0 aromatic heterocycles. The van der Waals surface area contributed by atoms with Crippen molar-refractivity contribution < 1.29 is 63.1 Å². The molecule has 0 bridgehead atoms. The second-order valence-corrected chi connectivity index (χ2v) is 17.3. The molecule has 0 amide bonds. The van der Waals surface area contributed by atoms with Gasteiger partial charge in [-0.05, 0) is 51.4 Å². The molecule has 0 aromatic rings. The van der Waals surface area contributed by atoms with Crippen LogP contribution in [0.4, 0.5) is 0 Å². The van der Waals surface area contributed by atoms with Gasteiger partial charge >= 0.3 is 19.8 Å². The first-order chi connectivity index (χ1) is 28.4. The molecule has 13 nitrogen and oxygen atoms in total. The van der Waals surface area contributed by atoms with Crippen LogP contribution in [0.15, 0.2) is 36.5 Å². The zero-order chi connectivity index (χ0) is 43.6. The van der Waals surface area contributed by atoms with E-state index < -0.39 is 75.7 Å². The van der Waals surface area contributed by atoms with Gasteiger partial charge in [-0.3, -0.25) is 18.6 Å². The predicted molar refractivity (Wildman–Crippen MR) is 230 cm³/mol. The van der Waals surface area contributed by atoms with Crippen molar-refractivity contribution >= 4 is 19.8 Å². The maximum absolute atomic E-state index is 12.8. The molecule has 8 atom stereocenters. The van der Waals surface area contributed by atoms with E-state index in [4.69, 9.17) is 18.5 Å². The van der Waals surface area contributed by atoms with Crippen LogP contribution in [0.25, 0.3) is 0 Å². The number of hydrogen-bond donors (Lipinski definition) is 6. The lowest BCUT2D eigenvalue weighted by Crippen LogP contribution is -2.64. The van der Waals surface area contributed by atoms with Crippen molar-refractivity contribution in [2.24, 2.45) is 0 Å². The number of ether oxygens (including phenoxy) is 2. The van der Waals surface area contributed by atoms with E-state index in [9.17, 15) is 44.6 Å². The van der Waals surface area contributed by atoms with E-state index in [0.29, 0.717) is 12.8 Å². The third-order valence-electron chi connectivity index (χ3n) is 10.5. The smallest absolute Gasteiger partial charge is 0.462 e. The molecule has 0 aliphatic heterocycles. The lowest BCUT2D eigenvalue weighted by molar-refractivity contribution is -0.220. The maximum Gasteiger partial charge on any atom is 0.472 e. The summed E-state index contributed by atoms with van der Waals surface area (Å²) in [5, 5.41) is 50.1. The van der Waals surface area contributed by atoms with Gasteiger partial charge in [0.2, 0.25) is 0 Å². The van der Waals surface area contributed by atoms with E-state index in [1.54, 1.807) is 0 Å². The summed E-state index contributed by atoms with van der Waals surface area (Å²) in [6, 6.07) is 0. The first-order valence-electron chi connectivity index (χ1n) is 22.8. The highest BCUT2D eigenvalue weighted by molar-refractivity contribution is 7.47. The third kappa shape index (κ3) is 28.3. The summed E-state index contributed by atoms with van der Waals surface area (Å²) in [6.07, 6.45) is 26.3. The van der Waals surface area contributed by atoms with Gasteiger partial charge in [-0.1, -0.05) is 153 Å². The number of esters is 2. The Labute approximate surface area is 355 Å². The molecule has 1 aliphatic rings. The fourth-order valence-corrected chi connectivity index (χ4v) is 7.74. The van der Waals surface area contributed by atoms with Gasteiger partial charge in [0.15, 0.2) is 6.10 Å². The topological polar surface area (TPSA) is 210 Å². The lowest BCUT2D eigenvalue weighted by atomic mass is 9.85. The molecule has 14 heteroatoms. The van der Waals surface area contributed by atoms with Crippen LogP contribution in [0.1, 0.15) is 181 Å². The Morgan fingerprint density at radius 3 is 1.42 bits per heavy atom. The number of carbonyl (C=O) groups excluding carboxylic acids is 2. The fourth-order valence-electron chi connectivity index (χ4n) is 6.76. The van der Waals surface area contributed by atoms with Crippen LogP contribution in [0.2, 0.25) is 0 Å². The SMILES string of the molecule is CCCCC/C=C/C/C=C/C/C=C/CCCCC(=O)OC[C@H](COP(=O)(O)OC1C(O)C(O)C(O)[C@@H](O)C1O)OC(=O)CCCCCCCCCCCCCCCCC. The zero-order valence-electron chi connectivity index (χ0n) is 36.3. The number of aliphatic hydroxyl groups is 5. The van der Waals surface area contributed by atoms with Crippen molar-refractivity contribution in [2.45, 2.75) is 224 Å². The quantitative estimate of drug-likeness (QED) is 0.0150. The minimum Gasteiger partial charge on any atom is -0.462 e. The molecule has 344 valence electrons. The average Bonchev–Trinajstić information content (AvgIpc) is 3.21. The van der Waals surface area contributed by atoms with E-state index in [-0.39, 0.29) is 12.8 Å². The van der Waals surface area contributed by atoms with Crippen LogP contribution in [0.5, 0.6) is 0 Å². The van der Waals surface area contributed by atoms with Gasteiger partial charge < -0.3 is 39.9 Å². The molecule has 6 N–H and O–H groups in total. The molecule has 1 saturated carbocycles. The van der Waals surface area contributed by atoms with E-state index in [0.717, 1.165) is 57.8 Å². The number of hydrogen-bond acceptors (Lipinski definition) is 12. The van der Waals surface area contributed by atoms with Crippen molar-refractivity contribution in [1.82, 2.24) is 0 Å². The Morgan fingerprint density at radius 2 is 0.915 bits per heavy atom. The van der Waals surface area contributed by atoms with Crippen molar-refractivity contribution in [3.05, 3.63) is 36.5 Å². The Hall–Kier alpha value is -1.93. The van der Waals surface area contributed by atoms with E-state index in [1.807, 2.05) is 0 Å². The molecular formula is C45H81O13P. The van der Waals surface area contributed by atoms with Crippen molar-refractivity contribution in [3.63, 3.8) is 0 Å². The number of phosphoric acid groups is 1. The zero-order valence-corrected chi connectivity index (χ0v) is 37.2. The van der Waals surface area contributed by atoms with Crippen LogP contribution in [-0.4, -0.2) is 98.3 Å². The maximum atomic E-state index is 12.8. The van der Waals surface area contributed by atoms with Crippen LogP contribution in [0.3, 0.4) is 0 Å². The van der Waals surface area contributed by atoms with Crippen LogP contribution >= 0.6 is 7.82 Å². The fraction of sp³-hybridized carbons (Fsp3) is 0.822. The Morgan fingerprint density at radius 1 is 0.525 bits per heavy atom. The molecule has 0 heterocycles. The first-order valence-corrected chi connectivity index (χ1v) is 24.3. The predicted octanol–water partition coefficient (Wildman–Crippen LogP) is 8.61. The van der Waals surface area contributed by atoms with Gasteiger partial charge in [-0.15, -0.1) is 0 Å². The van der Waals surface area contributed by atoms with Crippen LogP contribution in [-0.2, 0) is 32.7 Å². The summed E-state index contributed by atoms with van der Waals surface area (Å²) in [4.78, 5) is 35.6. The number of rotatable bonds is 37. The number of phosphoric ester groups is 1. The normalized spacial score (nSPS) is 22.6. The van der Waals surface area contributed by atoms with Gasteiger partial charge in [-0.25, -0.2) is 4.57 Å². The molecule has 1 aliphatic carbocycles. The second-order valence-electron chi connectivity index (χ2n) is 15.9. The lowest BCUT2D eigenvalue weighted by Gasteiger charge is -2.41. The minimum absolute atomic E-state index is 0.0913. The molecule has 1 fully saturated rings. The number of unbranched alkanes of at least 4 members (excludes halogenated alkanes) is 19. The third-order valence-corrected chi connectivity index (χ3v) is 11.5. The summed E-state index contributed by atoms with van der Waals surface area (Å²) < 4.78 is 33.5. The summed E-state index contributed by atoms with van der Waals surface area (Å²) in [5.74, 6) is -1.14. The van der Waals surface area contributed by atoms with Gasteiger partial charge in [0.1, 0.15) is 43.2 Å². The number of aliphatic hydroxyl groups excluding tert-OH is 5. The van der Waals surface area contributed by atoms with Crippen LogP contribution in [0, 0.1) is 0 Å². The summed E-state index contributed by atoms with van der Waals surface area (Å²) >= 11 is 0. The summed E-state index contributed by atoms with van der Waals surface area (Å²) in [7, 11) is -5.12. The number of carbonyl (C=O) groups is 2. The van der Waals surface area contributed by atoms with E-state index >= 15 is 0 Å². The highest BCUT2D eigenvalue weighted by Crippen LogP contribution is 2.47. The van der Waals surface area contributed by atoms with Crippen molar-refractivity contribution in [3.8, 4) is 0 Å². The van der Waals surface area contributed by atoms with Crippen molar-refractivity contribution in [1.29, 1.82) is 0 Å². The molecule has 59 heavy (non-hydrogen) atoms. The Kier molecular flexibility index (Phi) is 33.3. The Balaban J connectivity index is 2.49. The highest BCUT2D eigenvalue weighted by atomic mass is 31.2. The Bertz CT molecular complexity index is 1180. The molecule has 0 saturated heterocycles. The molecular weight excluding hydrogens is 779 g/mol. The highest BCUT2D eigenvalue weighted by Gasteiger charge is 2.51. The standard InChI is InChI=1S/C45H81O13P/c1-3-5-7-9-11-13-15-17-19-21-23-25-27-29-31-33-38(46)55-35-37(36-56-59(53,54)58-45-43(51)41(49)40(48)42(50)44(45)52)57-39(47)34-32-30-28-26-24-22-20-18-16-14-12-10-8-6-4-2/h11,13,17,19,23,25,37,40-45,48-52H,3-10,12,14-16,18,20-22,24,26-36H2,1-2H3,(H,53,54)/b13-11+,19-17+,25-23+/t37-,40?,41-,42?,43?,44?,45?/m1/s1. The second kappa shape index (κ2) is 35.6. The van der Waals surface area contributed by atoms with Gasteiger partial charge in [0, 0.05) is 12.8 Å². The molecule has 1 rings (SSSR count). The van der Waals surface area contributed by atoms with Crippen molar-refractivity contribution in [2.75, 3.05) is 13.2 Å². The van der Waals surface area contributed by atoms with Gasteiger partial charge in [-0.2, -0.15) is 0 Å². The largest absolute Gasteiger partial charge is 0.472 e. The summed E-state index contributed by atoms with van der Waals surface area (Å²) in [5.41, 5.74) is 0.